The quantitative estimate of drug-likeness (QED) is 0.0614. The Hall–Kier alpha value is -0.780. The van der Waals surface area contributed by atoms with Gasteiger partial charge in [-0.15, -0.1) is 0 Å². The smallest absolute Gasteiger partial charge is 0.0273 e. The van der Waals surface area contributed by atoms with E-state index in [0.29, 0.717) is 0 Å². The standard InChI is InChI=1S/C48H89/c1-4-7-9-11-13-15-17-19-21-23-25-27-29-31-33-35-37-39-42-46-44-41-45-47(48(46)6-3)43-40-38-36-34-32-30-28-26-24-22-20-18-16-14-12-10-8-5-2/h41,44-45H,3-40,42-43H2,1-2H3. The number of hydrogen-bond acceptors (Lipinski definition) is 0. The van der Waals surface area contributed by atoms with Crippen LogP contribution in [-0.2, 0) is 19.3 Å². The van der Waals surface area contributed by atoms with Crippen LogP contribution in [0.1, 0.15) is 262 Å². The Kier molecular flexibility index (Phi) is 35.3. The van der Waals surface area contributed by atoms with Crippen LogP contribution in [0, 0.1) is 6.92 Å². The van der Waals surface area contributed by atoms with Crippen LogP contribution >= 0.6 is 0 Å². The molecule has 0 aliphatic heterocycles. The maximum atomic E-state index is 4.34. The first-order valence-electron chi connectivity index (χ1n) is 22.7. The Morgan fingerprint density at radius 2 is 0.521 bits per heavy atom. The molecule has 0 N–H and O–H groups in total. The molecule has 0 unspecified atom stereocenters. The highest BCUT2D eigenvalue weighted by Crippen LogP contribution is 2.22. The van der Waals surface area contributed by atoms with Gasteiger partial charge in [-0.1, -0.05) is 250 Å². The lowest BCUT2D eigenvalue weighted by Gasteiger charge is -2.14. The van der Waals surface area contributed by atoms with Crippen LogP contribution in [0.2, 0.25) is 0 Å². The van der Waals surface area contributed by atoms with E-state index >= 15 is 0 Å². The van der Waals surface area contributed by atoms with Crippen LogP contribution in [0.3, 0.4) is 0 Å². The number of benzene rings is 1. The van der Waals surface area contributed by atoms with E-state index in [4.69, 9.17) is 0 Å². The Balaban J connectivity index is 1.94. The van der Waals surface area contributed by atoms with Gasteiger partial charge >= 0.3 is 0 Å². The average molecular weight is 666 g/mol. The predicted molar refractivity (Wildman–Crippen MR) is 220 cm³/mol. The van der Waals surface area contributed by atoms with Crippen molar-refractivity contribution in [3.8, 4) is 0 Å². The fourth-order valence-corrected chi connectivity index (χ4v) is 7.91. The van der Waals surface area contributed by atoms with E-state index in [2.05, 4.69) is 39.0 Å². The van der Waals surface area contributed by atoms with Crippen LogP contribution in [0.15, 0.2) is 18.2 Å². The highest BCUT2D eigenvalue weighted by atomic mass is 14.1. The van der Waals surface area contributed by atoms with E-state index in [1.165, 1.54) is 244 Å². The predicted octanol–water partition coefficient (Wildman–Crippen LogP) is 17.2. The molecule has 281 valence electrons. The van der Waals surface area contributed by atoms with Crippen LogP contribution < -0.4 is 0 Å². The van der Waals surface area contributed by atoms with Crippen LogP contribution in [0.25, 0.3) is 0 Å². The van der Waals surface area contributed by atoms with Crippen molar-refractivity contribution in [1.29, 1.82) is 0 Å². The largest absolute Gasteiger partial charge is 0.0654 e. The summed E-state index contributed by atoms with van der Waals surface area (Å²) in [7, 11) is 0. The minimum atomic E-state index is 0.962. The Labute approximate surface area is 305 Å². The van der Waals surface area contributed by atoms with Crippen molar-refractivity contribution < 1.29 is 0 Å². The van der Waals surface area contributed by atoms with Crippen molar-refractivity contribution in [3.63, 3.8) is 0 Å². The van der Waals surface area contributed by atoms with Gasteiger partial charge in [0.1, 0.15) is 0 Å². The van der Waals surface area contributed by atoms with Crippen molar-refractivity contribution in [1.82, 2.24) is 0 Å². The topological polar surface area (TPSA) is 0 Å². The Morgan fingerprint density at radius 3 is 0.729 bits per heavy atom. The van der Waals surface area contributed by atoms with E-state index < -0.39 is 0 Å². The Bertz CT molecular complexity index is 688. The third-order valence-electron chi connectivity index (χ3n) is 11.2. The second-order valence-corrected chi connectivity index (χ2v) is 15.8. The van der Waals surface area contributed by atoms with E-state index in [9.17, 15) is 0 Å². The van der Waals surface area contributed by atoms with Gasteiger partial charge in [0.15, 0.2) is 0 Å². The van der Waals surface area contributed by atoms with E-state index in [1.54, 1.807) is 16.7 Å². The highest BCUT2D eigenvalue weighted by Gasteiger charge is 2.07. The first-order valence-corrected chi connectivity index (χ1v) is 22.7. The summed E-state index contributed by atoms with van der Waals surface area (Å²) in [5.74, 6) is 0. The third-order valence-corrected chi connectivity index (χ3v) is 11.2. The molecule has 1 rings (SSSR count). The third kappa shape index (κ3) is 29.0. The molecule has 0 aromatic heterocycles. The van der Waals surface area contributed by atoms with Crippen molar-refractivity contribution in [2.75, 3.05) is 0 Å². The van der Waals surface area contributed by atoms with Gasteiger partial charge in [0.2, 0.25) is 0 Å². The van der Waals surface area contributed by atoms with Crippen molar-refractivity contribution in [2.45, 2.75) is 264 Å². The van der Waals surface area contributed by atoms with E-state index in [0.717, 1.165) is 6.42 Å². The van der Waals surface area contributed by atoms with E-state index in [-0.39, 0.29) is 0 Å². The second-order valence-electron chi connectivity index (χ2n) is 15.8. The molecular formula is C48H89. The van der Waals surface area contributed by atoms with Crippen molar-refractivity contribution >= 4 is 0 Å². The number of unbranched alkanes of at least 4 members (excludes halogenated alkanes) is 34. The molecule has 1 aromatic carbocycles. The Morgan fingerprint density at radius 1 is 0.312 bits per heavy atom. The van der Waals surface area contributed by atoms with Crippen LogP contribution in [0.4, 0.5) is 0 Å². The summed E-state index contributed by atoms with van der Waals surface area (Å²) in [6.07, 6.45) is 55.6. The number of rotatable bonds is 39. The first-order chi connectivity index (χ1) is 23.8. The molecule has 0 bridgehead atoms. The molecule has 0 fully saturated rings. The van der Waals surface area contributed by atoms with Crippen molar-refractivity contribution in [2.24, 2.45) is 0 Å². The zero-order valence-electron chi connectivity index (χ0n) is 33.5. The fraction of sp³-hybridized carbons (Fsp3) is 0.854. The highest BCUT2D eigenvalue weighted by molar-refractivity contribution is 5.36. The zero-order valence-corrected chi connectivity index (χ0v) is 33.5. The monoisotopic (exact) mass is 666 g/mol. The van der Waals surface area contributed by atoms with Gasteiger partial charge in [-0.3, -0.25) is 0 Å². The molecule has 0 heterocycles. The molecule has 0 aliphatic carbocycles. The van der Waals surface area contributed by atoms with E-state index in [1.807, 2.05) is 0 Å². The number of aryl methyl sites for hydroxylation is 2. The second kappa shape index (κ2) is 37.5. The normalized spacial score (nSPS) is 11.6. The summed E-state index contributed by atoms with van der Waals surface area (Å²) >= 11 is 0. The fourth-order valence-electron chi connectivity index (χ4n) is 7.91. The van der Waals surface area contributed by atoms with Crippen LogP contribution in [0.5, 0.6) is 0 Å². The average Bonchev–Trinajstić information content (AvgIpc) is 3.10. The SMILES string of the molecule is [CH2]Cc1c(CCCCCCCCCCCCCCCCCCCC)cccc1CCCCCCCCCCCCCCCCCCCC. The molecule has 0 saturated carbocycles. The van der Waals surface area contributed by atoms with Gasteiger partial charge in [-0.05, 0) is 55.7 Å². The minimum absolute atomic E-state index is 0.962. The van der Waals surface area contributed by atoms with Gasteiger partial charge in [0.05, 0.1) is 0 Å². The summed E-state index contributed by atoms with van der Waals surface area (Å²) in [5, 5.41) is 0. The molecule has 0 heteroatoms. The molecule has 1 aromatic rings. The lowest BCUT2D eigenvalue weighted by Crippen LogP contribution is -2.00. The molecule has 0 aliphatic rings. The van der Waals surface area contributed by atoms with Gasteiger partial charge in [-0.2, -0.15) is 0 Å². The zero-order chi connectivity index (χ0) is 34.4. The van der Waals surface area contributed by atoms with Gasteiger partial charge in [-0.25, -0.2) is 0 Å². The van der Waals surface area contributed by atoms with Crippen LogP contribution in [-0.4, -0.2) is 0 Å². The molecule has 0 atom stereocenters. The van der Waals surface area contributed by atoms with Gasteiger partial charge in [0.25, 0.3) is 0 Å². The maximum absolute atomic E-state index is 4.34. The molecule has 0 amide bonds. The minimum Gasteiger partial charge on any atom is -0.0654 e. The summed E-state index contributed by atoms with van der Waals surface area (Å²) in [6, 6.07) is 7.12. The molecule has 0 spiro atoms. The van der Waals surface area contributed by atoms with Gasteiger partial charge in [0, 0.05) is 0 Å². The van der Waals surface area contributed by atoms with Crippen molar-refractivity contribution in [3.05, 3.63) is 41.8 Å². The summed E-state index contributed by atoms with van der Waals surface area (Å²) in [5.41, 5.74) is 4.78. The summed E-state index contributed by atoms with van der Waals surface area (Å²) in [6.45, 7) is 8.96. The molecule has 0 nitrogen and oxygen atoms in total. The molecule has 0 saturated heterocycles. The lowest BCUT2D eigenvalue weighted by molar-refractivity contribution is 0.524. The van der Waals surface area contributed by atoms with Gasteiger partial charge < -0.3 is 0 Å². The molecule has 48 heavy (non-hydrogen) atoms. The molecular weight excluding hydrogens is 577 g/mol. The maximum Gasteiger partial charge on any atom is -0.0273 e. The first kappa shape index (κ1) is 45.2. The summed E-state index contributed by atoms with van der Waals surface area (Å²) < 4.78 is 0. The molecule has 1 radical (unpaired) electrons. The lowest BCUT2D eigenvalue weighted by atomic mass is 9.92. The summed E-state index contributed by atoms with van der Waals surface area (Å²) in [4.78, 5) is 0. The number of hydrogen-bond donors (Lipinski definition) is 0.